The van der Waals surface area contributed by atoms with Gasteiger partial charge in [0.15, 0.2) is 5.52 Å². The first kappa shape index (κ1) is 17.9. The molecule has 0 saturated heterocycles. The lowest BCUT2D eigenvalue weighted by Gasteiger charge is -2.24. The van der Waals surface area contributed by atoms with E-state index < -0.39 is 4.92 Å². The number of rotatable bonds is 10. The van der Waals surface area contributed by atoms with Crippen LogP contribution in [0.3, 0.4) is 0 Å². The Morgan fingerprint density at radius 3 is 2.30 bits per heavy atom. The van der Waals surface area contributed by atoms with E-state index in [1.54, 1.807) is 6.07 Å². The molecular weight excluding hydrogens is 336 g/mol. The molecule has 2 rings (SSSR count). The maximum atomic E-state index is 11.1. The summed E-state index contributed by atoms with van der Waals surface area (Å²) >= 11 is 3.74. The summed E-state index contributed by atoms with van der Waals surface area (Å²) in [5, 5.41) is 18.7. The molecule has 0 atom stereocenters. The van der Waals surface area contributed by atoms with E-state index in [0.717, 1.165) is 41.8 Å². The van der Waals surface area contributed by atoms with Gasteiger partial charge in [0.25, 0.3) is 0 Å². The number of thioether (sulfide) groups is 2. The van der Waals surface area contributed by atoms with E-state index in [4.69, 9.17) is 4.63 Å². The summed E-state index contributed by atoms with van der Waals surface area (Å²) in [4.78, 5) is 12.8. The predicted octanol–water partition coefficient (Wildman–Crippen LogP) is 3.44. The van der Waals surface area contributed by atoms with Gasteiger partial charge in [0.05, 0.1) is 10.6 Å². The first-order valence-electron chi connectivity index (χ1n) is 7.49. The van der Waals surface area contributed by atoms with Gasteiger partial charge < -0.3 is 4.90 Å². The van der Waals surface area contributed by atoms with Crippen molar-refractivity contribution in [2.24, 2.45) is 0 Å². The van der Waals surface area contributed by atoms with Gasteiger partial charge in [-0.1, -0.05) is 13.8 Å². The lowest BCUT2D eigenvalue weighted by Crippen LogP contribution is -2.28. The lowest BCUT2D eigenvalue weighted by atomic mass is 10.2. The van der Waals surface area contributed by atoms with Gasteiger partial charge >= 0.3 is 5.69 Å². The fourth-order valence-electron chi connectivity index (χ4n) is 2.23. The third-order valence-corrected chi connectivity index (χ3v) is 5.09. The van der Waals surface area contributed by atoms with Crippen LogP contribution in [0.4, 0.5) is 11.4 Å². The molecule has 2 aromatic rings. The summed E-state index contributed by atoms with van der Waals surface area (Å²) in [7, 11) is 0. The molecule has 0 saturated carbocycles. The Morgan fingerprint density at radius 2 is 1.74 bits per heavy atom. The van der Waals surface area contributed by atoms with Gasteiger partial charge in [-0.2, -0.15) is 23.5 Å². The van der Waals surface area contributed by atoms with Crippen molar-refractivity contribution < 1.29 is 9.55 Å². The zero-order chi connectivity index (χ0) is 16.7. The maximum Gasteiger partial charge on any atom is 0.300 e. The van der Waals surface area contributed by atoms with Crippen LogP contribution in [0.25, 0.3) is 11.0 Å². The Labute approximate surface area is 143 Å². The molecule has 0 aliphatic carbocycles. The van der Waals surface area contributed by atoms with E-state index in [2.05, 4.69) is 29.1 Å². The third kappa shape index (κ3) is 4.51. The van der Waals surface area contributed by atoms with Gasteiger partial charge in [0, 0.05) is 30.7 Å². The molecule has 23 heavy (non-hydrogen) atoms. The smallest absolute Gasteiger partial charge is 0.300 e. The van der Waals surface area contributed by atoms with Crippen molar-refractivity contribution >= 4 is 45.9 Å². The molecule has 0 aliphatic rings. The van der Waals surface area contributed by atoms with E-state index in [0.29, 0.717) is 5.52 Å². The molecule has 0 spiro atoms. The number of nitrogens with zero attached hydrogens (tertiary/aromatic N) is 4. The summed E-state index contributed by atoms with van der Waals surface area (Å²) in [5.74, 6) is 4.13. The Bertz CT molecular complexity index is 640. The third-order valence-electron chi connectivity index (χ3n) is 3.33. The van der Waals surface area contributed by atoms with Gasteiger partial charge in [-0.05, 0) is 27.9 Å². The first-order chi connectivity index (χ1) is 11.2. The lowest BCUT2D eigenvalue weighted by molar-refractivity contribution is -0.383. The fraction of sp³-hybridized carbons (Fsp3) is 0.571. The Balaban J connectivity index is 2.29. The zero-order valence-electron chi connectivity index (χ0n) is 13.2. The van der Waals surface area contributed by atoms with Gasteiger partial charge in [-0.25, -0.2) is 4.63 Å². The predicted molar refractivity (Wildman–Crippen MR) is 96.7 cm³/mol. The van der Waals surface area contributed by atoms with Crippen LogP contribution >= 0.6 is 23.5 Å². The first-order valence-corrected chi connectivity index (χ1v) is 9.80. The number of aromatic nitrogens is 2. The molecule has 1 aromatic carbocycles. The van der Waals surface area contributed by atoms with Crippen LogP contribution in [-0.4, -0.2) is 51.3 Å². The van der Waals surface area contributed by atoms with Crippen LogP contribution in [-0.2, 0) is 0 Å². The summed E-state index contributed by atoms with van der Waals surface area (Å²) in [6.07, 6.45) is 0. The summed E-state index contributed by atoms with van der Waals surface area (Å²) < 4.78 is 4.76. The number of nitro groups is 1. The number of nitro benzene ring substituents is 1. The molecule has 0 amide bonds. The second-order valence-corrected chi connectivity index (χ2v) is 7.49. The van der Waals surface area contributed by atoms with Crippen molar-refractivity contribution in [1.82, 2.24) is 10.3 Å². The number of benzene rings is 1. The minimum atomic E-state index is -0.458. The van der Waals surface area contributed by atoms with Crippen LogP contribution < -0.4 is 4.90 Å². The number of hydrogen-bond acceptors (Lipinski definition) is 8. The molecule has 7 nitrogen and oxygen atoms in total. The zero-order valence-corrected chi connectivity index (χ0v) is 14.9. The SMILES string of the molecule is CCSCCN(CCSCC)c1ccc([N+](=O)[O-])c2nonc12. The maximum absolute atomic E-state index is 11.1. The molecule has 0 radical (unpaired) electrons. The molecular formula is C14H20N4O3S2. The van der Waals surface area contributed by atoms with Crippen LogP contribution in [0.2, 0.25) is 0 Å². The molecule has 1 heterocycles. The Kier molecular flexibility index (Phi) is 6.97. The normalized spacial score (nSPS) is 11.0. The van der Waals surface area contributed by atoms with E-state index >= 15 is 0 Å². The molecule has 1 aromatic heterocycles. The van der Waals surface area contributed by atoms with Crippen molar-refractivity contribution in [3.63, 3.8) is 0 Å². The monoisotopic (exact) mass is 356 g/mol. The van der Waals surface area contributed by atoms with Gasteiger partial charge in [0.1, 0.15) is 0 Å². The Hall–Kier alpha value is -1.48. The molecule has 0 fully saturated rings. The summed E-state index contributed by atoms with van der Waals surface area (Å²) in [5.41, 5.74) is 1.45. The number of non-ortho nitro benzene ring substituents is 1. The van der Waals surface area contributed by atoms with Crippen LogP contribution in [0.15, 0.2) is 16.8 Å². The topological polar surface area (TPSA) is 85.3 Å². The highest BCUT2D eigenvalue weighted by Crippen LogP contribution is 2.31. The molecule has 0 aliphatic heterocycles. The second kappa shape index (κ2) is 8.97. The van der Waals surface area contributed by atoms with Crippen LogP contribution in [0, 0.1) is 10.1 Å². The fourth-order valence-corrected chi connectivity index (χ4v) is 3.51. The van der Waals surface area contributed by atoms with E-state index in [1.807, 2.05) is 23.5 Å². The Morgan fingerprint density at radius 1 is 1.13 bits per heavy atom. The number of fused-ring (bicyclic) bond motifs is 1. The standard InChI is InChI=1S/C14H20N4O3S2/c1-3-22-9-7-17(8-10-23-4-2)11-5-6-12(18(19)20)14-13(11)15-21-16-14/h5-6H,3-4,7-10H2,1-2H3. The van der Waals surface area contributed by atoms with Crippen molar-refractivity contribution in [3.8, 4) is 0 Å². The molecule has 126 valence electrons. The number of hydrogen-bond donors (Lipinski definition) is 0. The minimum absolute atomic E-state index is 0.0733. The average Bonchev–Trinajstić information content (AvgIpc) is 3.02. The summed E-state index contributed by atoms with van der Waals surface area (Å²) in [6, 6.07) is 3.23. The highest BCUT2D eigenvalue weighted by atomic mass is 32.2. The molecule has 0 N–H and O–H groups in total. The highest BCUT2D eigenvalue weighted by Gasteiger charge is 2.22. The summed E-state index contributed by atoms with van der Waals surface area (Å²) in [6.45, 7) is 5.99. The number of anilines is 1. The van der Waals surface area contributed by atoms with E-state index in [-0.39, 0.29) is 11.2 Å². The van der Waals surface area contributed by atoms with Crippen LogP contribution in [0.5, 0.6) is 0 Å². The molecule has 9 heteroatoms. The highest BCUT2D eigenvalue weighted by molar-refractivity contribution is 7.99. The molecule has 0 unspecified atom stereocenters. The second-order valence-electron chi connectivity index (χ2n) is 4.70. The quantitative estimate of drug-likeness (QED) is 0.363. The van der Waals surface area contributed by atoms with Crippen molar-refractivity contribution in [3.05, 3.63) is 22.2 Å². The van der Waals surface area contributed by atoms with E-state index in [1.165, 1.54) is 6.07 Å². The van der Waals surface area contributed by atoms with Gasteiger partial charge in [0.2, 0.25) is 5.52 Å². The largest absolute Gasteiger partial charge is 0.368 e. The minimum Gasteiger partial charge on any atom is -0.368 e. The van der Waals surface area contributed by atoms with Crippen molar-refractivity contribution in [1.29, 1.82) is 0 Å². The van der Waals surface area contributed by atoms with Gasteiger partial charge in [-0.15, -0.1) is 0 Å². The molecule has 0 bridgehead atoms. The van der Waals surface area contributed by atoms with Gasteiger partial charge in [-0.3, -0.25) is 10.1 Å². The average molecular weight is 356 g/mol. The van der Waals surface area contributed by atoms with Crippen molar-refractivity contribution in [2.75, 3.05) is 41.0 Å². The van der Waals surface area contributed by atoms with Crippen LogP contribution in [0.1, 0.15) is 13.8 Å². The van der Waals surface area contributed by atoms with Crippen molar-refractivity contribution in [2.45, 2.75) is 13.8 Å². The van der Waals surface area contributed by atoms with E-state index in [9.17, 15) is 10.1 Å².